The number of rotatable bonds is 4. The van der Waals surface area contributed by atoms with Gasteiger partial charge in [-0.15, -0.1) is 0 Å². The maximum absolute atomic E-state index is 11.8. The number of carbonyl (C=O) groups excluding carboxylic acids is 1. The summed E-state index contributed by atoms with van der Waals surface area (Å²) in [6, 6.07) is 11.9. The molecule has 0 aliphatic carbocycles. The smallest absolute Gasteiger partial charge is 0.412 e. The van der Waals surface area contributed by atoms with Crippen LogP contribution in [0.4, 0.5) is 10.5 Å². The van der Waals surface area contributed by atoms with Crippen LogP contribution in [0.5, 0.6) is 5.75 Å². The van der Waals surface area contributed by atoms with E-state index in [-0.39, 0.29) is 17.9 Å². The van der Waals surface area contributed by atoms with Crippen LogP contribution < -0.4 is 5.32 Å². The molecule has 22 heavy (non-hydrogen) atoms. The predicted octanol–water partition coefficient (Wildman–Crippen LogP) is 3.15. The molecule has 0 saturated heterocycles. The summed E-state index contributed by atoms with van der Waals surface area (Å²) in [5, 5.41) is 21.3. The Bertz CT molecular complexity index is 697. The number of phenols is 1. The zero-order valence-electron chi connectivity index (χ0n) is 11.9. The monoisotopic (exact) mass is 301 g/mol. The van der Waals surface area contributed by atoms with Crippen molar-refractivity contribution in [3.63, 3.8) is 0 Å². The Morgan fingerprint density at radius 1 is 1.14 bits per heavy atom. The minimum Gasteiger partial charge on any atom is -0.505 e. The first kappa shape index (κ1) is 15.4. The number of benzene rings is 2. The highest BCUT2D eigenvalue weighted by molar-refractivity contribution is 5.97. The molecule has 0 fully saturated rings. The van der Waals surface area contributed by atoms with Gasteiger partial charge in [-0.1, -0.05) is 36.4 Å². The van der Waals surface area contributed by atoms with E-state index in [0.717, 1.165) is 5.56 Å². The number of carboxylic acids is 1. The first-order valence-electron chi connectivity index (χ1n) is 6.52. The second kappa shape index (κ2) is 6.62. The Hall–Kier alpha value is -3.02. The van der Waals surface area contributed by atoms with E-state index >= 15 is 0 Å². The molecule has 0 aliphatic heterocycles. The molecule has 0 spiro atoms. The maximum Gasteiger partial charge on any atom is 0.412 e. The normalized spacial score (nSPS) is 10.0. The summed E-state index contributed by atoms with van der Waals surface area (Å²) < 4.78 is 5.03. The standard InChI is InChI=1S/C16H15NO5/c1-10-7-8-12(15(19)20)14(18)13(10)17-16(21)22-9-11-5-3-2-4-6-11/h2-8,18H,9H2,1H3,(H,17,21)(H,19,20). The van der Waals surface area contributed by atoms with Crippen LogP contribution in [-0.4, -0.2) is 22.3 Å². The van der Waals surface area contributed by atoms with Gasteiger partial charge in [0, 0.05) is 0 Å². The van der Waals surface area contributed by atoms with Gasteiger partial charge in [-0.05, 0) is 24.1 Å². The molecule has 2 aromatic rings. The number of anilines is 1. The fraction of sp³-hybridized carbons (Fsp3) is 0.125. The minimum atomic E-state index is -1.28. The average Bonchev–Trinajstić information content (AvgIpc) is 2.50. The SMILES string of the molecule is Cc1ccc(C(=O)O)c(O)c1NC(=O)OCc1ccccc1. The van der Waals surface area contributed by atoms with Crippen LogP contribution in [0.1, 0.15) is 21.5 Å². The van der Waals surface area contributed by atoms with E-state index in [0.29, 0.717) is 5.56 Å². The lowest BCUT2D eigenvalue weighted by Crippen LogP contribution is -2.15. The van der Waals surface area contributed by atoms with Gasteiger partial charge in [-0.25, -0.2) is 9.59 Å². The average molecular weight is 301 g/mol. The Labute approximate surface area is 127 Å². The number of amides is 1. The quantitative estimate of drug-likeness (QED) is 0.754. The van der Waals surface area contributed by atoms with Gasteiger partial charge >= 0.3 is 12.1 Å². The molecule has 0 aliphatic rings. The molecule has 0 aromatic heterocycles. The van der Waals surface area contributed by atoms with E-state index in [1.54, 1.807) is 19.1 Å². The second-order valence-electron chi connectivity index (χ2n) is 4.65. The van der Waals surface area contributed by atoms with Crippen molar-refractivity contribution >= 4 is 17.7 Å². The second-order valence-corrected chi connectivity index (χ2v) is 4.65. The Balaban J connectivity index is 2.08. The Morgan fingerprint density at radius 3 is 2.45 bits per heavy atom. The van der Waals surface area contributed by atoms with Gasteiger partial charge in [0.05, 0.1) is 5.69 Å². The summed E-state index contributed by atoms with van der Waals surface area (Å²) in [4.78, 5) is 22.8. The third kappa shape index (κ3) is 3.54. The van der Waals surface area contributed by atoms with Crippen LogP contribution in [0.3, 0.4) is 0 Å². The Kier molecular flexibility index (Phi) is 4.63. The third-order valence-electron chi connectivity index (χ3n) is 3.06. The van der Waals surface area contributed by atoms with Crippen molar-refractivity contribution in [1.29, 1.82) is 0 Å². The lowest BCUT2D eigenvalue weighted by atomic mass is 10.1. The fourth-order valence-electron chi connectivity index (χ4n) is 1.88. The van der Waals surface area contributed by atoms with Gasteiger partial charge in [-0.3, -0.25) is 5.32 Å². The van der Waals surface area contributed by atoms with Gasteiger partial charge < -0.3 is 14.9 Å². The van der Waals surface area contributed by atoms with Gasteiger partial charge in [-0.2, -0.15) is 0 Å². The topological polar surface area (TPSA) is 95.9 Å². The van der Waals surface area contributed by atoms with E-state index in [1.165, 1.54) is 12.1 Å². The molecule has 6 heteroatoms. The maximum atomic E-state index is 11.8. The molecule has 0 atom stereocenters. The summed E-state index contributed by atoms with van der Waals surface area (Å²) in [6.07, 6.45) is -0.773. The highest BCUT2D eigenvalue weighted by Crippen LogP contribution is 2.31. The van der Waals surface area contributed by atoms with Gasteiger partial charge in [0.25, 0.3) is 0 Å². The van der Waals surface area contributed by atoms with Crippen molar-refractivity contribution in [2.45, 2.75) is 13.5 Å². The summed E-state index contributed by atoms with van der Waals surface area (Å²) in [5.74, 6) is -1.78. The van der Waals surface area contributed by atoms with Gasteiger partial charge in [0.2, 0.25) is 0 Å². The van der Waals surface area contributed by atoms with Crippen molar-refractivity contribution in [2.75, 3.05) is 5.32 Å². The minimum absolute atomic E-state index is 0.0259. The van der Waals surface area contributed by atoms with Crippen molar-refractivity contribution in [2.24, 2.45) is 0 Å². The molecule has 2 aromatic carbocycles. The lowest BCUT2D eigenvalue weighted by molar-refractivity contribution is 0.0693. The van der Waals surface area contributed by atoms with Crippen LogP contribution in [0, 0.1) is 6.92 Å². The van der Waals surface area contributed by atoms with E-state index in [1.807, 2.05) is 18.2 Å². The molecular formula is C16H15NO5. The van der Waals surface area contributed by atoms with Crippen LogP contribution in [-0.2, 0) is 11.3 Å². The molecule has 114 valence electrons. The number of aryl methyl sites for hydroxylation is 1. The molecule has 0 bridgehead atoms. The van der Waals surface area contributed by atoms with Crippen LogP contribution in [0.2, 0.25) is 0 Å². The van der Waals surface area contributed by atoms with Crippen molar-refractivity contribution in [1.82, 2.24) is 0 Å². The highest BCUT2D eigenvalue weighted by Gasteiger charge is 2.17. The predicted molar refractivity (Wildman–Crippen MR) is 80.1 cm³/mol. The lowest BCUT2D eigenvalue weighted by Gasteiger charge is -2.12. The third-order valence-corrected chi connectivity index (χ3v) is 3.06. The molecule has 6 nitrogen and oxygen atoms in total. The zero-order valence-corrected chi connectivity index (χ0v) is 11.9. The van der Waals surface area contributed by atoms with Crippen LogP contribution in [0.25, 0.3) is 0 Å². The number of aromatic carboxylic acids is 1. The first-order chi connectivity index (χ1) is 10.5. The van der Waals surface area contributed by atoms with Crippen molar-refractivity contribution in [3.8, 4) is 5.75 Å². The number of carbonyl (C=O) groups is 2. The number of hydrogen-bond acceptors (Lipinski definition) is 4. The number of ether oxygens (including phenoxy) is 1. The Morgan fingerprint density at radius 2 is 1.82 bits per heavy atom. The van der Waals surface area contributed by atoms with Crippen LogP contribution >= 0.6 is 0 Å². The molecule has 0 unspecified atom stereocenters. The van der Waals surface area contributed by atoms with E-state index < -0.39 is 17.8 Å². The number of carboxylic acid groups (broad SMARTS) is 1. The molecule has 0 saturated carbocycles. The van der Waals surface area contributed by atoms with E-state index in [4.69, 9.17) is 9.84 Å². The van der Waals surface area contributed by atoms with E-state index in [2.05, 4.69) is 5.32 Å². The molecule has 2 rings (SSSR count). The highest BCUT2D eigenvalue weighted by atomic mass is 16.5. The fourth-order valence-corrected chi connectivity index (χ4v) is 1.88. The number of hydrogen-bond donors (Lipinski definition) is 3. The first-order valence-corrected chi connectivity index (χ1v) is 6.52. The van der Waals surface area contributed by atoms with Crippen molar-refractivity contribution < 1.29 is 24.5 Å². The molecule has 0 heterocycles. The molecule has 3 N–H and O–H groups in total. The van der Waals surface area contributed by atoms with Crippen LogP contribution in [0.15, 0.2) is 42.5 Å². The molecular weight excluding hydrogens is 286 g/mol. The van der Waals surface area contributed by atoms with Gasteiger partial charge in [0.1, 0.15) is 12.2 Å². The number of nitrogens with one attached hydrogen (secondary N) is 1. The zero-order chi connectivity index (χ0) is 16.1. The van der Waals surface area contributed by atoms with E-state index in [9.17, 15) is 14.7 Å². The summed E-state index contributed by atoms with van der Waals surface area (Å²) in [7, 11) is 0. The summed E-state index contributed by atoms with van der Waals surface area (Å²) in [6.45, 7) is 1.71. The summed E-state index contributed by atoms with van der Waals surface area (Å²) >= 11 is 0. The molecule has 0 radical (unpaired) electrons. The van der Waals surface area contributed by atoms with Crippen molar-refractivity contribution in [3.05, 3.63) is 59.2 Å². The van der Waals surface area contributed by atoms with Gasteiger partial charge in [0.15, 0.2) is 5.75 Å². The largest absolute Gasteiger partial charge is 0.505 e. The summed E-state index contributed by atoms with van der Waals surface area (Å²) in [5.41, 5.74) is 1.08. The molecule has 1 amide bonds. The number of aromatic hydroxyl groups is 1.